The molecule has 1 unspecified atom stereocenters. The lowest BCUT2D eigenvalue weighted by atomic mass is 9.90. The Bertz CT molecular complexity index is 279. The van der Waals surface area contributed by atoms with Gasteiger partial charge in [-0.2, -0.15) is 0 Å². The van der Waals surface area contributed by atoms with Crippen molar-refractivity contribution in [3.05, 3.63) is 11.4 Å². The maximum Gasteiger partial charge on any atom is 0.197 e. The topological polar surface area (TPSA) is 80.7 Å². The van der Waals surface area contributed by atoms with Gasteiger partial charge in [-0.1, -0.05) is 0 Å². The van der Waals surface area contributed by atoms with Crippen LogP contribution in [0.25, 0.3) is 0 Å². The summed E-state index contributed by atoms with van der Waals surface area (Å²) in [5, 5.41) is 0. The molecule has 0 spiro atoms. The summed E-state index contributed by atoms with van der Waals surface area (Å²) in [4.78, 5) is 7.27. The van der Waals surface area contributed by atoms with Crippen LogP contribution in [0, 0.1) is 5.92 Å². The number of nitrogens with two attached hydrogens (primary N) is 2. The minimum Gasteiger partial charge on any atom is -0.369 e. The molecule has 1 aromatic rings. The maximum atomic E-state index is 5.60. The summed E-state index contributed by atoms with van der Waals surface area (Å²) >= 11 is 0. The van der Waals surface area contributed by atoms with Gasteiger partial charge in [-0.05, 0) is 31.7 Å². The molecule has 0 aromatic carbocycles. The molecule has 1 heterocycles. The van der Waals surface area contributed by atoms with Gasteiger partial charge in [-0.25, -0.2) is 4.98 Å². The van der Waals surface area contributed by atoms with Crippen molar-refractivity contribution in [3.63, 3.8) is 0 Å². The molecule has 1 aromatic heterocycles. The van der Waals surface area contributed by atoms with Gasteiger partial charge < -0.3 is 16.5 Å². The third kappa shape index (κ3) is 1.18. The van der Waals surface area contributed by atoms with Crippen LogP contribution in [-0.2, 0) is 12.8 Å². The fourth-order valence-corrected chi connectivity index (χ4v) is 1.78. The fraction of sp³-hybridized carbons (Fsp3) is 0.625. The lowest BCUT2D eigenvalue weighted by Crippen LogP contribution is -2.22. The highest BCUT2D eigenvalue weighted by Gasteiger charge is 2.20. The first-order valence-corrected chi connectivity index (χ1v) is 4.33. The number of rotatable bonds is 1. The second-order valence-electron chi connectivity index (χ2n) is 3.39. The Morgan fingerprint density at radius 1 is 1.58 bits per heavy atom. The molecule has 2 rings (SSSR count). The third-order valence-corrected chi connectivity index (χ3v) is 2.50. The third-order valence-electron chi connectivity index (χ3n) is 2.50. The summed E-state index contributed by atoms with van der Waals surface area (Å²) in [6, 6.07) is 0. The largest absolute Gasteiger partial charge is 0.369 e. The standard InChI is InChI=1S/C8H14N4/c9-4-5-1-2-6-7(3-5)12-8(10)11-6/h5H,1-4,9H2,(H3,10,11,12). The van der Waals surface area contributed by atoms with Gasteiger partial charge in [-0.3, -0.25) is 0 Å². The van der Waals surface area contributed by atoms with Crippen molar-refractivity contribution in [2.75, 3.05) is 12.3 Å². The highest BCUT2D eigenvalue weighted by atomic mass is 15.0. The van der Waals surface area contributed by atoms with Crippen LogP contribution in [0.15, 0.2) is 0 Å². The van der Waals surface area contributed by atoms with Gasteiger partial charge in [0.2, 0.25) is 0 Å². The van der Waals surface area contributed by atoms with Crippen LogP contribution in [0.1, 0.15) is 17.8 Å². The van der Waals surface area contributed by atoms with Crippen LogP contribution >= 0.6 is 0 Å². The molecule has 0 saturated carbocycles. The summed E-state index contributed by atoms with van der Waals surface area (Å²) < 4.78 is 0. The molecule has 66 valence electrons. The smallest absolute Gasteiger partial charge is 0.197 e. The van der Waals surface area contributed by atoms with Crippen molar-refractivity contribution in [3.8, 4) is 0 Å². The second kappa shape index (κ2) is 2.79. The number of aryl methyl sites for hydroxylation is 1. The van der Waals surface area contributed by atoms with Crippen LogP contribution in [0.3, 0.4) is 0 Å². The molecule has 1 aliphatic rings. The van der Waals surface area contributed by atoms with E-state index in [2.05, 4.69) is 9.97 Å². The average molecular weight is 166 g/mol. The van der Waals surface area contributed by atoms with Gasteiger partial charge in [0.25, 0.3) is 0 Å². The molecule has 0 saturated heterocycles. The summed E-state index contributed by atoms with van der Waals surface area (Å²) in [6.45, 7) is 0.762. The summed E-state index contributed by atoms with van der Waals surface area (Å²) in [5.74, 6) is 1.15. The molecular formula is C8H14N4. The van der Waals surface area contributed by atoms with E-state index in [1.807, 2.05) is 0 Å². The normalized spacial score (nSPS) is 22.2. The molecule has 1 atom stereocenters. The lowest BCUT2D eigenvalue weighted by molar-refractivity contribution is 0.461. The molecule has 4 heteroatoms. The number of imidazole rings is 1. The number of nitrogens with one attached hydrogen (secondary N) is 1. The monoisotopic (exact) mass is 166 g/mol. The predicted molar refractivity (Wildman–Crippen MR) is 47.6 cm³/mol. The second-order valence-corrected chi connectivity index (χ2v) is 3.39. The van der Waals surface area contributed by atoms with E-state index >= 15 is 0 Å². The summed E-state index contributed by atoms with van der Waals surface area (Å²) in [6.07, 6.45) is 3.18. The van der Waals surface area contributed by atoms with Crippen LogP contribution in [0.4, 0.5) is 5.95 Å². The molecule has 12 heavy (non-hydrogen) atoms. The van der Waals surface area contributed by atoms with Gasteiger partial charge in [0.05, 0.1) is 5.69 Å². The van der Waals surface area contributed by atoms with Crippen molar-refractivity contribution < 1.29 is 0 Å². The van der Waals surface area contributed by atoms with E-state index in [0.29, 0.717) is 11.9 Å². The molecule has 0 aliphatic heterocycles. The van der Waals surface area contributed by atoms with E-state index in [1.54, 1.807) is 0 Å². The minimum absolute atomic E-state index is 0.540. The predicted octanol–water partition coefficient (Wildman–Crippen LogP) is 0.0555. The molecule has 0 amide bonds. The Morgan fingerprint density at radius 3 is 3.17 bits per heavy atom. The Labute approximate surface area is 71.4 Å². The van der Waals surface area contributed by atoms with Crippen molar-refractivity contribution in [1.29, 1.82) is 0 Å². The van der Waals surface area contributed by atoms with E-state index in [1.165, 1.54) is 5.69 Å². The first-order valence-electron chi connectivity index (χ1n) is 4.33. The van der Waals surface area contributed by atoms with Crippen molar-refractivity contribution in [2.45, 2.75) is 19.3 Å². The number of aromatic amines is 1. The van der Waals surface area contributed by atoms with E-state index < -0.39 is 0 Å². The van der Waals surface area contributed by atoms with Gasteiger partial charge in [-0.15, -0.1) is 0 Å². The molecule has 0 fully saturated rings. The summed E-state index contributed by atoms with van der Waals surface area (Å²) in [7, 11) is 0. The van der Waals surface area contributed by atoms with Crippen molar-refractivity contribution >= 4 is 5.95 Å². The molecule has 4 nitrogen and oxygen atoms in total. The zero-order chi connectivity index (χ0) is 8.55. The number of nitrogens with zero attached hydrogens (tertiary/aromatic N) is 1. The SMILES string of the molecule is NCC1CCc2nc(N)[nH]c2C1. The fourth-order valence-electron chi connectivity index (χ4n) is 1.78. The van der Waals surface area contributed by atoms with Crippen LogP contribution in [0.5, 0.6) is 0 Å². The number of fused-ring (bicyclic) bond motifs is 1. The zero-order valence-corrected chi connectivity index (χ0v) is 7.01. The number of anilines is 1. The van der Waals surface area contributed by atoms with Gasteiger partial charge in [0.1, 0.15) is 0 Å². The molecule has 0 radical (unpaired) electrons. The highest BCUT2D eigenvalue weighted by Crippen LogP contribution is 2.23. The zero-order valence-electron chi connectivity index (χ0n) is 7.01. The minimum atomic E-state index is 0.540. The maximum absolute atomic E-state index is 5.60. The van der Waals surface area contributed by atoms with Crippen LogP contribution in [0.2, 0.25) is 0 Å². The van der Waals surface area contributed by atoms with Crippen molar-refractivity contribution in [2.24, 2.45) is 11.7 Å². The molecule has 1 aliphatic carbocycles. The van der Waals surface area contributed by atoms with Gasteiger partial charge >= 0.3 is 0 Å². The Hall–Kier alpha value is -1.03. The molecule has 0 bridgehead atoms. The Balaban J connectivity index is 2.22. The van der Waals surface area contributed by atoms with E-state index in [4.69, 9.17) is 11.5 Å². The lowest BCUT2D eigenvalue weighted by Gasteiger charge is -2.18. The number of aromatic nitrogens is 2. The highest BCUT2D eigenvalue weighted by molar-refractivity contribution is 5.28. The summed E-state index contributed by atoms with van der Waals surface area (Å²) in [5.41, 5.74) is 13.5. The Morgan fingerprint density at radius 2 is 2.42 bits per heavy atom. The van der Waals surface area contributed by atoms with E-state index in [9.17, 15) is 0 Å². The first kappa shape index (κ1) is 7.61. The van der Waals surface area contributed by atoms with Crippen LogP contribution < -0.4 is 11.5 Å². The van der Waals surface area contributed by atoms with Crippen molar-refractivity contribution in [1.82, 2.24) is 9.97 Å². The number of nitrogen functional groups attached to an aromatic ring is 1. The molecular weight excluding hydrogens is 152 g/mol. The number of hydrogen-bond donors (Lipinski definition) is 3. The first-order chi connectivity index (χ1) is 5.79. The van der Waals surface area contributed by atoms with Gasteiger partial charge in [0.15, 0.2) is 5.95 Å². The number of H-pyrrole nitrogens is 1. The van der Waals surface area contributed by atoms with Gasteiger partial charge in [0, 0.05) is 5.69 Å². The quantitative estimate of drug-likeness (QED) is 0.551. The van der Waals surface area contributed by atoms with Crippen LogP contribution in [-0.4, -0.2) is 16.5 Å². The number of hydrogen-bond acceptors (Lipinski definition) is 3. The Kier molecular flexibility index (Phi) is 1.77. The molecule has 5 N–H and O–H groups in total. The van der Waals surface area contributed by atoms with E-state index in [0.717, 1.165) is 31.5 Å². The van der Waals surface area contributed by atoms with E-state index in [-0.39, 0.29) is 0 Å². The average Bonchev–Trinajstić information content (AvgIpc) is 2.43.